The van der Waals surface area contributed by atoms with Crippen molar-refractivity contribution in [2.45, 2.75) is 38.8 Å². The molecule has 1 saturated carbocycles. The molecule has 1 atom stereocenters. The molecular weight excluding hydrogens is 498 g/mol. The van der Waals surface area contributed by atoms with Gasteiger partial charge in [-0.15, -0.1) is 0 Å². The van der Waals surface area contributed by atoms with E-state index in [1.54, 1.807) is 37.4 Å². The van der Waals surface area contributed by atoms with Crippen molar-refractivity contribution in [3.05, 3.63) is 112 Å². The molecule has 0 saturated heterocycles. The van der Waals surface area contributed by atoms with Gasteiger partial charge in [0.25, 0.3) is 18.0 Å². The van der Waals surface area contributed by atoms with Crippen molar-refractivity contribution in [3.63, 3.8) is 0 Å². The predicted molar refractivity (Wildman–Crippen MR) is 133 cm³/mol. The van der Waals surface area contributed by atoms with Crippen molar-refractivity contribution in [3.8, 4) is 11.1 Å². The minimum absolute atomic E-state index is 0.105. The first-order chi connectivity index (χ1) is 18.2. The van der Waals surface area contributed by atoms with E-state index in [9.17, 15) is 22.4 Å². The van der Waals surface area contributed by atoms with Gasteiger partial charge in [-0.2, -0.15) is 0 Å². The summed E-state index contributed by atoms with van der Waals surface area (Å²) < 4.78 is 61.8. The third kappa shape index (κ3) is 5.41. The molecule has 0 spiro atoms. The highest BCUT2D eigenvalue weighted by Gasteiger charge is 2.34. The number of nitrogens with one attached hydrogen (secondary N) is 2. The van der Waals surface area contributed by atoms with E-state index in [0.29, 0.717) is 16.7 Å². The van der Waals surface area contributed by atoms with Crippen LogP contribution in [-0.4, -0.2) is 10.5 Å². The summed E-state index contributed by atoms with van der Waals surface area (Å²) in [5.74, 6) is -1.32. The van der Waals surface area contributed by atoms with Gasteiger partial charge in [-0.1, -0.05) is 18.2 Å². The van der Waals surface area contributed by atoms with Gasteiger partial charge in [-0.25, -0.2) is 17.6 Å². The minimum atomic E-state index is -2.93. The maximum absolute atomic E-state index is 13.9. The first-order valence-electron chi connectivity index (χ1n) is 12.2. The van der Waals surface area contributed by atoms with Crippen LogP contribution in [0.2, 0.25) is 0 Å². The predicted octanol–water partition coefficient (Wildman–Crippen LogP) is 6.68. The molecule has 38 heavy (non-hydrogen) atoms. The minimum Gasteiger partial charge on any atom is -0.432 e. The number of alkyl halides is 2. The molecule has 5 rings (SSSR count). The molecule has 1 heterocycles. The molecule has 1 aromatic heterocycles. The highest BCUT2D eigenvalue weighted by Crippen LogP contribution is 2.41. The van der Waals surface area contributed by atoms with Crippen LogP contribution < -0.4 is 11.0 Å². The number of benzene rings is 3. The summed E-state index contributed by atoms with van der Waals surface area (Å²) >= 11 is 0. The van der Waals surface area contributed by atoms with Crippen LogP contribution in [0.25, 0.3) is 11.1 Å². The van der Waals surface area contributed by atoms with E-state index in [1.165, 1.54) is 29.0 Å². The van der Waals surface area contributed by atoms with Gasteiger partial charge in [0.15, 0.2) is 0 Å². The molecule has 1 aliphatic rings. The fourth-order valence-electron chi connectivity index (χ4n) is 4.66. The summed E-state index contributed by atoms with van der Waals surface area (Å²) in [7, 11) is 0. The molecular formula is C29H25F4N3O2. The molecule has 3 aromatic carbocycles. The van der Waals surface area contributed by atoms with Gasteiger partial charge >= 0.3 is 0 Å². The Bertz CT molecular complexity index is 1560. The normalized spacial score (nSPS) is 14.1. The second kappa shape index (κ2) is 10.3. The number of aromatic nitrogens is 1. The smallest absolute Gasteiger partial charge is 0.293 e. The van der Waals surface area contributed by atoms with Crippen LogP contribution in [0.4, 0.5) is 17.6 Å². The van der Waals surface area contributed by atoms with Gasteiger partial charge in [0.2, 0.25) is 0 Å². The zero-order valence-electron chi connectivity index (χ0n) is 20.5. The standard InChI is InChI=1S/C29H25F4N3O2/c1-16-10-19(4-7-25(16)31)26(18-2-3-18)35-28(37)21-12-17(15-36-8-9-38-29(36)34)11-20(13-21)23-6-5-22(30)14-24(23)27(32)33/h4-14,18,26-27,34H,2-3,15H2,1H3,(H,35,37). The molecule has 0 radical (unpaired) electrons. The van der Waals surface area contributed by atoms with Crippen molar-refractivity contribution in [2.75, 3.05) is 0 Å². The summed E-state index contributed by atoms with van der Waals surface area (Å²) in [6.07, 6.45) is 1.81. The largest absolute Gasteiger partial charge is 0.432 e. The van der Waals surface area contributed by atoms with Crippen LogP contribution in [0.1, 0.15) is 57.9 Å². The molecule has 2 N–H and O–H groups in total. The highest BCUT2D eigenvalue weighted by atomic mass is 19.3. The van der Waals surface area contributed by atoms with Crippen molar-refractivity contribution in [1.29, 1.82) is 5.41 Å². The topological polar surface area (TPSA) is 71.0 Å². The second-order valence-corrected chi connectivity index (χ2v) is 9.58. The molecule has 1 unspecified atom stereocenters. The SMILES string of the molecule is Cc1cc(C(NC(=O)c2cc(Cn3ccoc3=N)cc(-c3ccc(F)cc3C(F)F)c2)C2CC2)ccc1F. The number of hydrogen-bond acceptors (Lipinski definition) is 3. The van der Waals surface area contributed by atoms with E-state index < -0.39 is 23.7 Å². The molecule has 4 aromatic rings. The van der Waals surface area contributed by atoms with Gasteiger partial charge in [0.05, 0.1) is 12.6 Å². The second-order valence-electron chi connectivity index (χ2n) is 9.58. The van der Waals surface area contributed by atoms with Crippen molar-refractivity contribution in [2.24, 2.45) is 5.92 Å². The van der Waals surface area contributed by atoms with E-state index >= 15 is 0 Å². The maximum Gasteiger partial charge on any atom is 0.293 e. The molecule has 196 valence electrons. The maximum atomic E-state index is 13.9. The Morgan fingerprint density at radius 2 is 1.89 bits per heavy atom. The fourth-order valence-corrected chi connectivity index (χ4v) is 4.66. The van der Waals surface area contributed by atoms with E-state index in [1.807, 2.05) is 0 Å². The van der Waals surface area contributed by atoms with E-state index in [0.717, 1.165) is 30.5 Å². The number of hydrogen-bond donors (Lipinski definition) is 2. The monoisotopic (exact) mass is 523 g/mol. The van der Waals surface area contributed by atoms with Crippen molar-refractivity contribution < 1.29 is 26.8 Å². The lowest BCUT2D eigenvalue weighted by Gasteiger charge is -2.20. The van der Waals surface area contributed by atoms with Crippen LogP contribution in [0.5, 0.6) is 0 Å². The molecule has 1 fully saturated rings. The third-order valence-corrected chi connectivity index (χ3v) is 6.77. The number of carbonyl (C=O) groups is 1. The van der Waals surface area contributed by atoms with Crippen LogP contribution in [0.15, 0.2) is 71.5 Å². The van der Waals surface area contributed by atoms with Crippen LogP contribution in [-0.2, 0) is 6.54 Å². The molecule has 1 aliphatic carbocycles. The number of carbonyl (C=O) groups excluding carboxylic acids is 1. The molecule has 0 aliphatic heterocycles. The number of oxazole rings is 1. The average molecular weight is 524 g/mol. The Balaban J connectivity index is 1.55. The summed E-state index contributed by atoms with van der Waals surface area (Å²) in [5, 5.41) is 10.9. The lowest BCUT2D eigenvalue weighted by atomic mass is 9.95. The Labute approximate surface area is 216 Å². The van der Waals surface area contributed by atoms with Crippen molar-refractivity contribution >= 4 is 5.91 Å². The Morgan fingerprint density at radius 1 is 1.11 bits per heavy atom. The zero-order valence-corrected chi connectivity index (χ0v) is 20.5. The fraction of sp³-hybridized carbons (Fsp3) is 0.241. The molecule has 0 bridgehead atoms. The van der Waals surface area contributed by atoms with Crippen LogP contribution in [0.3, 0.4) is 0 Å². The Hall–Kier alpha value is -4.14. The lowest BCUT2D eigenvalue weighted by molar-refractivity contribution is 0.0931. The van der Waals surface area contributed by atoms with Crippen molar-refractivity contribution in [1.82, 2.24) is 9.88 Å². The quantitative estimate of drug-likeness (QED) is 0.253. The van der Waals surface area contributed by atoms with Gasteiger partial charge in [-0.3, -0.25) is 14.8 Å². The van der Waals surface area contributed by atoms with E-state index in [2.05, 4.69) is 5.32 Å². The van der Waals surface area contributed by atoms with Gasteiger partial charge in [-0.05, 0) is 89.9 Å². The number of rotatable bonds is 8. The Kier molecular flexibility index (Phi) is 6.93. The van der Waals surface area contributed by atoms with E-state index in [-0.39, 0.29) is 41.1 Å². The summed E-state index contributed by atoms with van der Waals surface area (Å²) in [6.45, 7) is 1.82. The number of amides is 1. The molecule has 9 heteroatoms. The zero-order chi connectivity index (χ0) is 27.0. The Morgan fingerprint density at radius 3 is 2.55 bits per heavy atom. The number of aryl methyl sites for hydroxylation is 1. The summed E-state index contributed by atoms with van der Waals surface area (Å²) in [4.78, 5) is 13.5. The van der Waals surface area contributed by atoms with E-state index in [4.69, 9.17) is 9.83 Å². The average Bonchev–Trinajstić information content (AvgIpc) is 3.66. The third-order valence-electron chi connectivity index (χ3n) is 6.77. The van der Waals surface area contributed by atoms with Crippen LogP contribution >= 0.6 is 0 Å². The van der Waals surface area contributed by atoms with Gasteiger partial charge in [0.1, 0.15) is 17.9 Å². The molecule has 1 amide bonds. The number of halogens is 4. The number of nitrogens with zero attached hydrogens (tertiary/aromatic N) is 1. The first kappa shape index (κ1) is 25.5. The van der Waals surface area contributed by atoms with Gasteiger partial charge in [0, 0.05) is 17.3 Å². The summed E-state index contributed by atoms with van der Waals surface area (Å²) in [5.41, 5.74) is 1.89. The highest BCUT2D eigenvalue weighted by molar-refractivity contribution is 5.96. The van der Waals surface area contributed by atoms with Gasteiger partial charge < -0.3 is 9.73 Å². The summed E-state index contributed by atoms with van der Waals surface area (Å²) in [6, 6.07) is 12.4. The first-order valence-corrected chi connectivity index (χ1v) is 12.2. The lowest BCUT2D eigenvalue weighted by Crippen LogP contribution is -2.30. The molecule has 5 nitrogen and oxygen atoms in total. The van der Waals surface area contributed by atoms with Crippen LogP contribution in [0, 0.1) is 29.9 Å².